The standard InChI is InChI=1S/C23H31N3O4S/c1-4-26(5-2)31(28,29)20-12-13-22(25-14-6-7-15-25)21(16-20)24-23(27)19-10-8-18(9-11-19)17-30-3/h8-13,16H,4-7,14-15,17H2,1-3H3,(H,24,27). The fraction of sp³-hybridized carbons (Fsp3) is 0.435. The van der Waals surface area contributed by atoms with Gasteiger partial charge in [0.05, 0.1) is 22.9 Å². The molecule has 0 saturated carbocycles. The van der Waals surface area contributed by atoms with Crippen molar-refractivity contribution in [2.75, 3.05) is 43.5 Å². The van der Waals surface area contributed by atoms with E-state index >= 15 is 0 Å². The minimum atomic E-state index is -3.63. The molecular weight excluding hydrogens is 414 g/mol. The first-order valence-corrected chi connectivity index (χ1v) is 12.1. The molecule has 0 radical (unpaired) electrons. The van der Waals surface area contributed by atoms with Crippen molar-refractivity contribution in [2.24, 2.45) is 0 Å². The van der Waals surface area contributed by atoms with Crippen LogP contribution in [0.5, 0.6) is 0 Å². The van der Waals surface area contributed by atoms with Gasteiger partial charge in [0.15, 0.2) is 0 Å². The van der Waals surface area contributed by atoms with Crippen molar-refractivity contribution in [1.82, 2.24) is 4.31 Å². The van der Waals surface area contributed by atoms with Gasteiger partial charge in [-0.1, -0.05) is 26.0 Å². The fourth-order valence-electron chi connectivity index (χ4n) is 3.84. The Hall–Kier alpha value is -2.42. The Morgan fingerprint density at radius 1 is 1.06 bits per heavy atom. The highest BCUT2D eigenvalue weighted by atomic mass is 32.2. The molecule has 1 aliphatic heterocycles. The van der Waals surface area contributed by atoms with Crippen LogP contribution in [-0.2, 0) is 21.4 Å². The average molecular weight is 446 g/mol. The molecule has 1 N–H and O–H groups in total. The van der Waals surface area contributed by atoms with Crippen molar-refractivity contribution in [2.45, 2.75) is 38.2 Å². The quantitative estimate of drug-likeness (QED) is 0.636. The molecule has 1 aliphatic rings. The highest BCUT2D eigenvalue weighted by Crippen LogP contribution is 2.32. The fourth-order valence-corrected chi connectivity index (χ4v) is 5.32. The van der Waals surface area contributed by atoms with E-state index in [2.05, 4.69) is 10.2 Å². The molecule has 1 saturated heterocycles. The van der Waals surface area contributed by atoms with Crippen LogP contribution >= 0.6 is 0 Å². The van der Waals surface area contributed by atoms with E-state index in [0.29, 0.717) is 30.9 Å². The van der Waals surface area contributed by atoms with Gasteiger partial charge in [0.2, 0.25) is 10.0 Å². The largest absolute Gasteiger partial charge is 0.380 e. The van der Waals surface area contributed by atoms with E-state index in [4.69, 9.17) is 4.74 Å². The van der Waals surface area contributed by atoms with Crippen molar-refractivity contribution >= 4 is 27.3 Å². The van der Waals surface area contributed by atoms with E-state index in [1.165, 1.54) is 4.31 Å². The van der Waals surface area contributed by atoms with Crippen LogP contribution < -0.4 is 10.2 Å². The van der Waals surface area contributed by atoms with Crippen LogP contribution in [0, 0.1) is 0 Å². The summed E-state index contributed by atoms with van der Waals surface area (Å²) in [5, 5.41) is 2.95. The minimum Gasteiger partial charge on any atom is -0.380 e. The molecule has 31 heavy (non-hydrogen) atoms. The molecule has 8 heteroatoms. The Balaban J connectivity index is 1.94. The van der Waals surface area contributed by atoms with Gasteiger partial charge in [-0.25, -0.2) is 8.42 Å². The van der Waals surface area contributed by atoms with E-state index < -0.39 is 10.0 Å². The zero-order valence-electron chi connectivity index (χ0n) is 18.4. The third-order valence-electron chi connectivity index (χ3n) is 5.53. The monoisotopic (exact) mass is 445 g/mol. The number of anilines is 2. The van der Waals surface area contributed by atoms with Gasteiger partial charge in [0.25, 0.3) is 5.91 Å². The summed E-state index contributed by atoms with van der Waals surface area (Å²) in [6, 6.07) is 12.2. The van der Waals surface area contributed by atoms with Gasteiger partial charge in [-0.2, -0.15) is 4.31 Å². The minimum absolute atomic E-state index is 0.185. The van der Waals surface area contributed by atoms with Gasteiger partial charge in [0, 0.05) is 38.9 Å². The van der Waals surface area contributed by atoms with E-state index in [1.54, 1.807) is 37.4 Å². The molecule has 2 aromatic carbocycles. The van der Waals surface area contributed by atoms with E-state index in [0.717, 1.165) is 37.2 Å². The summed E-state index contributed by atoms with van der Waals surface area (Å²) < 4.78 is 32.6. The summed E-state index contributed by atoms with van der Waals surface area (Å²) >= 11 is 0. The summed E-state index contributed by atoms with van der Waals surface area (Å²) in [5.74, 6) is -0.276. The molecule has 0 unspecified atom stereocenters. The van der Waals surface area contributed by atoms with Crippen molar-refractivity contribution in [3.63, 3.8) is 0 Å². The van der Waals surface area contributed by atoms with Gasteiger partial charge in [-0.05, 0) is 48.7 Å². The molecule has 1 heterocycles. The van der Waals surface area contributed by atoms with Gasteiger partial charge in [-0.3, -0.25) is 4.79 Å². The van der Waals surface area contributed by atoms with Crippen LogP contribution in [0.2, 0.25) is 0 Å². The van der Waals surface area contributed by atoms with Crippen LogP contribution in [0.3, 0.4) is 0 Å². The van der Waals surface area contributed by atoms with Crippen molar-refractivity contribution in [1.29, 1.82) is 0 Å². The second kappa shape index (κ2) is 10.3. The zero-order chi connectivity index (χ0) is 22.4. The van der Waals surface area contributed by atoms with E-state index in [-0.39, 0.29) is 10.8 Å². The third kappa shape index (κ3) is 5.26. The number of rotatable bonds is 9. The maximum absolute atomic E-state index is 13.0. The number of amides is 1. The second-order valence-electron chi connectivity index (χ2n) is 7.55. The Bertz CT molecular complexity index is 996. The smallest absolute Gasteiger partial charge is 0.255 e. The lowest BCUT2D eigenvalue weighted by atomic mass is 10.1. The number of carbonyl (C=O) groups excluding carboxylic acids is 1. The van der Waals surface area contributed by atoms with Crippen LogP contribution in [0.15, 0.2) is 47.4 Å². The lowest BCUT2D eigenvalue weighted by molar-refractivity contribution is 0.102. The highest BCUT2D eigenvalue weighted by molar-refractivity contribution is 7.89. The highest BCUT2D eigenvalue weighted by Gasteiger charge is 2.25. The first-order valence-electron chi connectivity index (χ1n) is 10.7. The molecule has 0 aliphatic carbocycles. The summed E-state index contributed by atoms with van der Waals surface area (Å²) in [7, 11) is -2.00. The maximum atomic E-state index is 13.0. The summed E-state index contributed by atoms with van der Waals surface area (Å²) in [5.41, 5.74) is 2.84. The molecular formula is C23H31N3O4S. The molecule has 1 amide bonds. The van der Waals surface area contributed by atoms with Crippen LogP contribution in [0.4, 0.5) is 11.4 Å². The van der Waals surface area contributed by atoms with Gasteiger partial charge < -0.3 is 15.0 Å². The van der Waals surface area contributed by atoms with Crippen molar-refractivity contribution < 1.29 is 17.9 Å². The number of carbonyl (C=O) groups is 1. The molecule has 3 rings (SSSR count). The molecule has 0 bridgehead atoms. The number of benzene rings is 2. The SMILES string of the molecule is CCN(CC)S(=O)(=O)c1ccc(N2CCCC2)c(NC(=O)c2ccc(COC)cc2)c1. The topological polar surface area (TPSA) is 79.0 Å². The second-order valence-corrected chi connectivity index (χ2v) is 9.48. The Labute approximate surface area is 185 Å². The summed E-state index contributed by atoms with van der Waals surface area (Å²) in [6.45, 7) is 6.66. The molecule has 0 atom stereocenters. The maximum Gasteiger partial charge on any atom is 0.255 e. The molecule has 0 spiro atoms. The normalized spacial score (nSPS) is 14.3. The molecule has 2 aromatic rings. The Kier molecular flexibility index (Phi) is 7.69. The first kappa shape index (κ1) is 23.2. The van der Waals surface area contributed by atoms with Crippen LogP contribution in [0.25, 0.3) is 0 Å². The van der Waals surface area contributed by atoms with Crippen molar-refractivity contribution in [3.05, 3.63) is 53.6 Å². The van der Waals surface area contributed by atoms with E-state index in [1.807, 2.05) is 26.0 Å². The first-order chi connectivity index (χ1) is 14.9. The number of nitrogens with zero attached hydrogens (tertiary/aromatic N) is 2. The average Bonchev–Trinajstić information content (AvgIpc) is 3.30. The predicted molar refractivity (Wildman–Crippen MR) is 123 cm³/mol. The zero-order valence-corrected chi connectivity index (χ0v) is 19.2. The number of methoxy groups -OCH3 is 1. The predicted octanol–water partition coefficient (Wildman–Crippen LogP) is 3.72. The summed E-state index contributed by atoms with van der Waals surface area (Å²) in [4.78, 5) is 15.3. The summed E-state index contributed by atoms with van der Waals surface area (Å²) in [6.07, 6.45) is 2.15. The number of hydrogen-bond acceptors (Lipinski definition) is 5. The molecule has 1 fully saturated rings. The van der Waals surface area contributed by atoms with Crippen molar-refractivity contribution in [3.8, 4) is 0 Å². The number of nitrogens with one attached hydrogen (secondary N) is 1. The number of sulfonamides is 1. The van der Waals surface area contributed by atoms with E-state index in [9.17, 15) is 13.2 Å². The van der Waals surface area contributed by atoms with Crippen LogP contribution in [0.1, 0.15) is 42.6 Å². The van der Waals surface area contributed by atoms with Gasteiger partial charge >= 0.3 is 0 Å². The van der Waals surface area contributed by atoms with Gasteiger partial charge in [-0.15, -0.1) is 0 Å². The number of hydrogen-bond donors (Lipinski definition) is 1. The third-order valence-corrected chi connectivity index (χ3v) is 7.58. The lowest BCUT2D eigenvalue weighted by Crippen LogP contribution is -2.31. The molecule has 7 nitrogen and oxygen atoms in total. The molecule has 0 aromatic heterocycles. The molecule has 168 valence electrons. The van der Waals surface area contributed by atoms with Crippen LogP contribution in [-0.4, -0.2) is 51.9 Å². The lowest BCUT2D eigenvalue weighted by Gasteiger charge is -2.24. The Morgan fingerprint density at radius 3 is 2.29 bits per heavy atom. The Morgan fingerprint density at radius 2 is 1.71 bits per heavy atom. The van der Waals surface area contributed by atoms with Gasteiger partial charge in [0.1, 0.15) is 0 Å². The number of ether oxygens (including phenoxy) is 1.